The Morgan fingerprint density at radius 1 is 1.16 bits per heavy atom. The largest absolute Gasteiger partial charge is 0.358 e. The molecule has 0 aliphatic heterocycles. The number of amides is 1. The molecule has 166 valence electrons. The van der Waals surface area contributed by atoms with Crippen molar-refractivity contribution in [3.63, 3.8) is 0 Å². The summed E-state index contributed by atoms with van der Waals surface area (Å²) < 4.78 is 1.40. The van der Waals surface area contributed by atoms with E-state index < -0.39 is 0 Å². The second kappa shape index (κ2) is 9.81. The molecule has 0 saturated heterocycles. The van der Waals surface area contributed by atoms with Gasteiger partial charge in [0.15, 0.2) is 0 Å². The minimum atomic E-state index is -0.366. The SMILES string of the molecule is CC1CCCC1.CCc1cc2ccc(CNC(=O)c3cc(=O)n4ccccc4n3)cc2[nH]1. The Labute approximate surface area is 187 Å². The van der Waals surface area contributed by atoms with Crippen molar-refractivity contribution in [3.8, 4) is 0 Å². The molecular weight excluding hydrogens is 400 g/mol. The number of pyridine rings is 1. The average molecular weight is 431 g/mol. The Morgan fingerprint density at radius 3 is 2.69 bits per heavy atom. The molecule has 1 saturated carbocycles. The Balaban J connectivity index is 0.000000354. The molecule has 1 aliphatic rings. The van der Waals surface area contributed by atoms with E-state index in [9.17, 15) is 9.59 Å². The fourth-order valence-electron chi connectivity index (χ4n) is 4.11. The van der Waals surface area contributed by atoms with Gasteiger partial charge in [-0.1, -0.05) is 57.7 Å². The molecule has 0 atom stereocenters. The lowest BCUT2D eigenvalue weighted by Crippen LogP contribution is -2.26. The molecule has 2 N–H and O–H groups in total. The van der Waals surface area contributed by atoms with E-state index in [4.69, 9.17) is 0 Å². The van der Waals surface area contributed by atoms with Crippen molar-refractivity contribution in [2.24, 2.45) is 5.92 Å². The lowest BCUT2D eigenvalue weighted by atomic mass is 10.1. The van der Waals surface area contributed by atoms with E-state index in [0.717, 1.165) is 28.8 Å². The lowest BCUT2D eigenvalue weighted by Gasteiger charge is -2.06. The topological polar surface area (TPSA) is 79.3 Å². The lowest BCUT2D eigenvalue weighted by molar-refractivity contribution is 0.0946. The number of aromatic amines is 1. The van der Waals surface area contributed by atoms with E-state index in [1.54, 1.807) is 24.4 Å². The van der Waals surface area contributed by atoms with Crippen LogP contribution in [0.5, 0.6) is 0 Å². The van der Waals surface area contributed by atoms with E-state index in [1.807, 2.05) is 18.2 Å². The molecule has 1 aliphatic carbocycles. The maximum atomic E-state index is 12.4. The molecule has 5 rings (SSSR count). The van der Waals surface area contributed by atoms with Gasteiger partial charge >= 0.3 is 0 Å². The van der Waals surface area contributed by atoms with E-state index >= 15 is 0 Å². The van der Waals surface area contributed by atoms with Gasteiger partial charge in [-0.05, 0) is 47.6 Å². The van der Waals surface area contributed by atoms with Crippen LogP contribution in [-0.2, 0) is 13.0 Å². The first-order chi connectivity index (χ1) is 15.5. The molecule has 0 radical (unpaired) electrons. The van der Waals surface area contributed by atoms with Crippen LogP contribution in [0.4, 0.5) is 0 Å². The number of nitrogens with one attached hydrogen (secondary N) is 2. The summed E-state index contributed by atoms with van der Waals surface area (Å²) in [6.45, 7) is 4.81. The van der Waals surface area contributed by atoms with Crippen molar-refractivity contribution < 1.29 is 4.79 Å². The quantitative estimate of drug-likeness (QED) is 0.485. The molecule has 1 aromatic carbocycles. The number of hydrogen-bond donors (Lipinski definition) is 2. The third kappa shape index (κ3) is 5.07. The van der Waals surface area contributed by atoms with Crippen molar-refractivity contribution in [1.29, 1.82) is 0 Å². The van der Waals surface area contributed by atoms with Gasteiger partial charge in [0.05, 0.1) is 0 Å². The number of carbonyl (C=O) groups is 1. The molecular formula is C26H30N4O2. The predicted octanol–water partition coefficient (Wildman–Crippen LogP) is 4.86. The summed E-state index contributed by atoms with van der Waals surface area (Å²) in [5.74, 6) is 0.680. The summed E-state index contributed by atoms with van der Waals surface area (Å²) in [5, 5.41) is 3.98. The van der Waals surface area contributed by atoms with Crippen LogP contribution in [0.25, 0.3) is 16.6 Å². The van der Waals surface area contributed by atoms with E-state index in [1.165, 1.54) is 41.8 Å². The summed E-state index contributed by atoms with van der Waals surface area (Å²) in [6, 6.07) is 14.6. The third-order valence-electron chi connectivity index (χ3n) is 6.02. The molecule has 32 heavy (non-hydrogen) atoms. The van der Waals surface area contributed by atoms with Crippen LogP contribution in [0.3, 0.4) is 0 Å². The van der Waals surface area contributed by atoms with E-state index in [-0.39, 0.29) is 17.2 Å². The fourth-order valence-corrected chi connectivity index (χ4v) is 4.11. The second-order valence-corrected chi connectivity index (χ2v) is 8.55. The van der Waals surface area contributed by atoms with Crippen LogP contribution >= 0.6 is 0 Å². The minimum absolute atomic E-state index is 0.121. The average Bonchev–Trinajstić information content (AvgIpc) is 3.46. The maximum Gasteiger partial charge on any atom is 0.270 e. The number of aromatic nitrogens is 3. The summed E-state index contributed by atoms with van der Waals surface area (Å²) in [4.78, 5) is 32.1. The third-order valence-corrected chi connectivity index (χ3v) is 6.02. The standard InChI is InChI=1S/C20H18N4O2.C6H12/c1-2-15-10-14-7-6-13(9-16(14)22-15)12-21-20(26)17-11-19(25)24-8-4-3-5-18(24)23-17;1-6-4-2-3-5-6/h3-11,22H,2,12H2,1H3,(H,21,26);6H,2-5H2,1H3. The number of nitrogens with zero attached hydrogens (tertiary/aromatic N) is 2. The molecule has 0 bridgehead atoms. The second-order valence-electron chi connectivity index (χ2n) is 8.55. The molecule has 6 heteroatoms. The van der Waals surface area contributed by atoms with Crippen molar-refractivity contribution in [2.45, 2.75) is 52.5 Å². The van der Waals surface area contributed by atoms with E-state index in [2.05, 4.69) is 35.2 Å². The Morgan fingerprint density at radius 2 is 1.97 bits per heavy atom. The van der Waals surface area contributed by atoms with Gasteiger partial charge in [0, 0.05) is 30.0 Å². The van der Waals surface area contributed by atoms with Crippen molar-refractivity contribution in [2.75, 3.05) is 0 Å². The zero-order chi connectivity index (χ0) is 22.5. The Bertz CT molecular complexity index is 1280. The fraction of sp³-hybridized carbons (Fsp3) is 0.346. The van der Waals surface area contributed by atoms with Crippen LogP contribution < -0.4 is 10.9 Å². The van der Waals surface area contributed by atoms with Gasteiger partial charge in [0.2, 0.25) is 0 Å². The zero-order valence-electron chi connectivity index (χ0n) is 18.7. The molecule has 0 unspecified atom stereocenters. The summed E-state index contributed by atoms with van der Waals surface area (Å²) in [5.41, 5.74) is 3.51. The smallest absolute Gasteiger partial charge is 0.270 e. The Hall–Kier alpha value is -3.41. The van der Waals surface area contributed by atoms with Gasteiger partial charge in [-0.15, -0.1) is 0 Å². The van der Waals surface area contributed by atoms with Gasteiger partial charge in [-0.2, -0.15) is 0 Å². The summed E-state index contributed by atoms with van der Waals surface area (Å²) in [6.07, 6.45) is 8.52. The van der Waals surface area contributed by atoms with Crippen LogP contribution in [0.15, 0.2) is 59.5 Å². The number of hydrogen-bond acceptors (Lipinski definition) is 3. The molecule has 1 fully saturated rings. The number of carbonyl (C=O) groups excluding carboxylic acids is 1. The Kier molecular flexibility index (Phi) is 6.69. The van der Waals surface area contributed by atoms with Gasteiger partial charge in [-0.25, -0.2) is 4.98 Å². The first-order valence-electron chi connectivity index (χ1n) is 11.4. The molecule has 0 spiro atoms. The molecule has 6 nitrogen and oxygen atoms in total. The zero-order valence-corrected chi connectivity index (χ0v) is 18.7. The van der Waals surface area contributed by atoms with Crippen molar-refractivity contribution in [1.82, 2.24) is 19.7 Å². The predicted molar refractivity (Wildman–Crippen MR) is 128 cm³/mol. The molecule has 4 aromatic rings. The minimum Gasteiger partial charge on any atom is -0.358 e. The highest BCUT2D eigenvalue weighted by molar-refractivity contribution is 5.92. The molecule has 3 heterocycles. The van der Waals surface area contributed by atoms with Crippen LogP contribution in [0.2, 0.25) is 0 Å². The number of fused-ring (bicyclic) bond motifs is 2. The van der Waals surface area contributed by atoms with Gasteiger partial charge < -0.3 is 10.3 Å². The van der Waals surface area contributed by atoms with E-state index in [0.29, 0.717) is 12.2 Å². The highest BCUT2D eigenvalue weighted by atomic mass is 16.2. The van der Waals surface area contributed by atoms with Crippen molar-refractivity contribution >= 4 is 22.5 Å². The number of rotatable bonds is 4. The number of aryl methyl sites for hydroxylation is 1. The monoisotopic (exact) mass is 430 g/mol. The van der Waals surface area contributed by atoms with Crippen LogP contribution in [0.1, 0.15) is 61.3 Å². The van der Waals surface area contributed by atoms with Crippen LogP contribution in [-0.4, -0.2) is 20.3 Å². The highest BCUT2D eigenvalue weighted by Crippen LogP contribution is 2.23. The normalized spacial score (nSPS) is 13.8. The van der Waals surface area contributed by atoms with Crippen LogP contribution in [0, 0.1) is 5.92 Å². The summed E-state index contributed by atoms with van der Waals surface area (Å²) in [7, 11) is 0. The maximum absolute atomic E-state index is 12.4. The summed E-state index contributed by atoms with van der Waals surface area (Å²) >= 11 is 0. The molecule has 3 aromatic heterocycles. The van der Waals surface area contributed by atoms with Gasteiger partial charge in [0.1, 0.15) is 11.3 Å². The highest BCUT2D eigenvalue weighted by Gasteiger charge is 2.11. The molecule has 1 amide bonds. The first kappa shape index (κ1) is 21.8. The first-order valence-corrected chi connectivity index (χ1v) is 11.4. The number of H-pyrrole nitrogens is 1. The number of benzene rings is 1. The van der Waals surface area contributed by atoms with Gasteiger partial charge in [0.25, 0.3) is 11.5 Å². The van der Waals surface area contributed by atoms with Crippen molar-refractivity contribution in [3.05, 3.63) is 82.0 Å². The van der Waals surface area contributed by atoms with Gasteiger partial charge in [-0.3, -0.25) is 14.0 Å².